The Balaban J connectivity index is 1.95. The van der Waals surface area contributed by atoms with E-state index in [0.717, 1.165) is 22.4 Å². The SMILES string of the molecule is Cc1cc(C=NN=C(N)SCc2ccccc2)cc(C)c1O. The molecule has 0 bridgehead atoms. The molecule has 0 fully saturated rings. The molecule has 22 heavy (non-hydrogen) atoms. The van der Waals surface area contributed by atoms with Gasteiger partial charge in [-0.3, -0.25) is 0 Å². The van der Waals surface area contributed by atoms with Crippen molar-refractivity contribution >= 4 is 23.1 Å². The van der Waals surface area contributed by atoms with Crippen molar-refractivity contribution in [1.29, 1.82) is 0 Å². The van der Waals surface area contributed by atoms with E-state index in [1.807, 2.05) is 56.3 Å². The zero-order valence-electron chi connectivity index (χ0n) is 12.7. The average Bonchev–Trinajstić information content (AvgIpc) is 2.51. The number of phenols is 1. The third-order valence-electron chi connectivity index (χ3n) is 3.11. The van der Waals surface area contributed by atoms with E-state index in [-0.39, 0.29) is 0 Å². The third-order valence-corrected chi connectivity index (χ3v) is 3.96. The van der Waals surface area contributed by atoms with Gasteiger partial charge in [-0.1, -0.05) is 42.1 Å². The second-order valence-electron chi connectivity index (χ2n) is 4.96. The maximum atomic E-state index is 9.73. The monoisotopic (exact) mass is 313 g/mol. The molecule has 0 aliphatic carbocycles. The van der Waals surface area contributed by atoms with Gasteiger partial charge in [0.1, 0.15) is 5.75 Å². The second kappa shape index (κ2) is 7.66. The third kappa shape index (κ3) is 4.63. The maximum Gasteiger partial charge on any atom is 0.180 e. The highest BCUT2D eigenvalue weighted by atomic mass is 32.2. The lowest BCUT2D eigenvalue weighted by Crippen LogP contribution is -2.06. The van der Waals surface area contributed by atoms with E-state index >= 15 is 0 Å². The summed E-state index contributed by atoms with van der Waals surface area (Å²) in [5, 5.41) is 18.1. The van der Waals surface area contributed by atoms with Gasteiger partial charge in [-0.2, -0.15) is 5.10 Å². The van der Waals surface area contributed by atoms with Crippen LogP contribution in [0, 0.1) is 13.8 Å². The van der Waals surface area contributed by atoms with Gasteiger partial charge in [0.25, 0.3) is 0 Å². The first-order chi connectivity index (χ1) is 10.6. The van der Waals surface area contributed by atoms with Crippen LogP contribution >= 0.6 is 11.8 Å². The number of aryl methyl sites for hydroxylation is 2. The molecule has 3 N–H and O–H groups in total. The predicted molar refractivity (Wildman–Crippen MR) is 94.5 cm³/mol. The van der Waals surface area contributed by atoms with Gasteiger partial charge in [-0.05, 0) is 48.2 Å². The largest absolute Gasteiger partial charge is 0.507 e. The van der Waals surface area contributed by atoms with Crippen molar-refractivity contribution in [1.82, 2.24) is 0 Å². The molecule has 114 valence electrons. The Morgan fingerprint density at radius 1 is 1.18 bits per heavy atom. The van der Waals surface area contributed by atoms with E-state index in [1.165, 1.54) is 17.3 Å². The molecule has 0 radical (unpaired) electrons. The van der Waals surface area contributed by atoms with Crippen LogP contribution in [-0.4, -0.2) is 16.5 Å². The number of thioether (sulfide) groups is 1. The Morgan fingerprint density at radius 3 is 2.45 bits per heavy atom. The lowest BCUT2D eigenvalue weighted by atomic mass is 10.1. The molecule has 0 saturated carbocycles. The molecule has 0 spiro atoms. The summed E-state index contributed by atoms with van der Waals surface area (Å²) < 4.78 is 0. The van der Waals surface area contributed by atoms with Crippen molar-refractivity contribution in [2.75, 3.05) is 0 Å². The lowest BCUT2D eigenvalue weighted by molar-refractivity contribution is 0.467. The summed E-state index contributed by atoms with van der Waals surface area (Å²) in [7, 11) is 0. The van der Waals surface area contributed by atoms with Crippen LogP contribution in [0.1, 0.15) is 22.3 Å². The zero-order chi connectivity index (χ0) is 15.9. The molecule has 0 saturated heterocycles. The molecular weight excluding hydrogens is 294 g/mol. The number of aromatic hydroxyl groups is 1. The van der Waals surface area contributed by atoms with Gasteiger partial charge < -0.3 is 10.8 Å². The van der Waals surface area contributed by atoms with Crippen LogP contribution < -0.4 is 5.73 Å². The fraction of sp³-hybridized carbons (Fsp3) is 0.176. The minimum absolute atomic E-state index is 0.318. The first-order valence-electron chi connectivity index (χ1n) is 6.89. The number of nitrogens with two attached hydrogens (primary N) is 1. The number of hydrogen-bond donors (Lipinski definition) is 2. The molecule has 0 atom stereocenters. The highest BCUT2D eigenvalue weighted by Gasteiger charge is 2.01. The van der Waals surface area contributed by atoms with Crippen molar-refractivity contribution in [3.63, 3.8) is 0 Å². The Bertz CT molecular complexity index is 673. The van der Waals surface area contributed by atoms with E-state index in [9.17, 15) is 5.11 Å². The van der Waals surface area contributed by atoms with Crippen molar-refractivity contribution in [3.8, 4) is 5.75 Å². The summed E-state index contributed by atoms with van der Waals surface area (Å²) >= 11 is 1.45. The van der Waals surface area contributed by atoms with Crippen molar-refractivity contribution < 1.29 is 5.11 Å². The van der Waals surface area contributed by atoms with Gasteiger partial charge >= 0.3 is 0 Å². The highest BCUT2D eigenvalue weighted by molar-refractivity contribution is 8.13. The predicted octanol–water partition coefficient (Wildman–Crippen LogP) is 3.59. The van der Waals surface area contributed by atoms with Crippen LogP contribution in [0.2, 0.25) is 0 Å². The first-order valence-corrected chi connectivity index (χ1v) is 7.88. The normalized spacial score (nSPS) is 12.0. The number of amidine groups is 1. The molecule has 4 nitrogen and oxygen atoms in total. The van der Waals surface area contributed by atoms with Crippen LogP contribution in [0.5, 0.6) is 5.75 Å². The topological polar surface area (TPSA) is 71.0 Å². The Morgan fingerprint density at radius 2 is 1.82 bits per heavy atom. The smallest absolute Gasteiger partial charge is 0.180 e. The van der Waals surface area contributed by atoms with Gasteiger partial charge in [0.15, 0.2) is 5.17 Å². The van der Waals surface area contributed by atoms with Gasteiger partial charge in [0.2, 0.25) is 0 Å². The van der Waals surface area contributed by atoms with Crippen LogP contribution in [0.25, 0.3) is 0 Å². The van der Waals surface area contributed by atoms with Crippen LogP contribution in [0.3, 0.4) is 0 Å². The molecule has 0 unspecified atom stereocenters. The lowest BCUT2D eigenvalue weighted by Gasteiger charge is -2.03. The number of rotatable bonds is 4. The van der Waals surface area contributed by atoms with E-state index in [2.05, 4.69) is 10.2 Å². The van der Waals surface area contributed by atoms with Gasteiger partial charge in [-0.15, -0.1) is 5.10 Å². The number of hydrogen-bond acceptors (Lipinski definition) is 4. The Labute approximate surface area is 134 Å². The molecule has 0 amide bonds. The summed E-state index contributed by atoms with van der Waals surface area (Å²) in [5.74, 6) is 1.09. The maximum absolute atomic E-state index is 9.73. The fourth-order valence-electron chi connectivity index (χ4n) is 1.98. The molecule has 2 aromatic rings. The summed E-state index contributed by atoms with van der Waals surface area (Å²) in [4.78, 5) is 0. The molecule has 0 aliphatic rings. The minimum Gasteiger partial charge on any atom is -0.507 e. The first kappa shape index (κ1) is 16.1. The Kier molecular flexibility index (Phi) is 5.61. The van der Waals surface area contributed by atoms with E-state index in [4.69, 9.17) is 5.73 Å². The van der Waals surface area contributed by atoms with Crippen LogP contribution in [-0.2, 0) is 5.75 Å². The molecule has 5 heteroatoms. The van der Waals surface area contributed by atoms with Gasteiger partial charge in [0, 0.05) is 5.75 Å². The summed E-state index contributed by atoms with van der Waals surface area (Å²) in [6.07, 6.45) is 1.63. The van der Waals surface area contributed by atoms with Gasteiger partial charge in [0.05, 0.1) is 6.21 Å². The van der Waals surface area contributed by atoms with E-state index < -0.39 is 0 Å². The van der Waals surface area contributed by atoms with E-state index in [1.54, 1.807) is 6.21 Å². The quantitative estimate of drug-likeness (QED) is 0.515. The van der Waals surface area contributed by atoms with Crippen LogP contribution in [0.4, 0.5) is 0 Å². The molecule has 2 rings (SSSR count). The second-order valence-corrected chi connectivity index (χ2v) is 5.96. The van der Waals surface area contributed by atoms with E-state index in [0.29, 0.717) is 10.9 Å². The highest BCUT2D eigenvalue weighted by Crippen LogP contribution is 2.22. The van der Waals surface area contributed by atoms with Gasteiger partial charge in [-0.25, -0.2) is 0 Å². The molecule has 2 aromatic carbocycles. The molecular formula is C17H19N3OS. The summed E-state index contributed by atoms with van der Waals surface area (Å²) in [6.45, 7) is 3.71. The van der Waals surface area contributed by atoms with Crippen LogP contribution in [0.15, 0.2) is 52.7 Å². The molecule has 0 aromatic heterocycles. The van der Waals surface area contributed by atoms with Crippen molar-refractivity contribution in [2.24, 2.45) is 15.9 Å². The van der Waals surface area contributed by atoms with Crippen molar-refractivity contribution in [3.05, 3.63) is 64.7 Å². The number of benzene rings is 2. The molecule has 0 heterocycles. The average molecular weight is 313 g/mol. The number of phenolic OH excluding ortho intramolecular Hbond substituents is 1. The summed E-state index contributed by atoms with van der Waals surface area (Å²) in [5.41, 5.74) is 9.54. The standard InChI is InChI=1S/C17H19N3OS/c1-12-8-15(9-13(2)16(12)21)10-19-20-17(18)22-11-14-6-4-3-5-7-14/h3-10,21H,11H2,1-2H3,(H2,18,20). The van der Waals surface area contributed by atoms with Crippen molar-refractivity contribution in [2.45, 2.75) is 19.6 Å². The Hall–Kier alpha value is -2.27. The zero-order valence-corrected chi connectivity index (χ0v) is 13.5. The summed E-state index contributed by atoms with van der Waals surface area (Å²) in [6, 6.07) is 13.8. The molecule has 0 aliphatic heterocycles. The fourth-order valence-corrected chi connectivity index (χ4v) is 2.59. The number of nitrogens with zero attached hydrogens (tertiary/aromatic N) is 2. The minimum atomic E-state index is 0.318.